The van der Waals surface area contributed by atoms with Crippen LogP contribution in [0.3, 0.4) is 0 Å². The fraction of sp³-hybridized carbons (Fsp3) is 0.364. The molecule has 0 amide bonds. The lowest BCUT2D eigenvalue weighted by Crippen LogP contribution is -2.24. The molecule has 0 bridgehead atoms. The van der Waals surface area contributed by atoms with Gasteiger partial charge in [0.05, 0.1) is 11.6 Å². The average Bonchev–Trinajstić information content (AvgIpc) is 3.41. The van der Waals surface area contributed by atoms with Crippen molar-refractivity contribution >= 4 is 10.9 Å². The summed E-state index contributed by atoms with van der Waals surface area (Å²) in [5.41, 5.74) is 9.58. The summed E-state index contributed by atoms with van der Waals surface area (Å²) in [5.74, 6) is 1.30. The standard InChI is InChI=1S/C22H25N5O2/c28-18-6-8-27(14-18)13-15-9-16-1-3-19(10-21(16)23-11-15)29-22-4-2-17(12-24-22)20-5-7-25-26-20/h1-4,9-12,18,20,25-26,28H,5-8,13-14H2/t18-,20?/m0/s1. The predicted octanol–water partition coefficient (Wildman–Crippen LogP) is 2.53. The van der Waals surface area contributed by atoms with Gasteiger partial charge in [-0.15, -0.1) is 0 Å². The fourth-order valence-electron chi connectivity index (χ4n) is 4.02. The summed E-state index contributed by atoms with van der Waals surface area (Å²) in [4.78, 5) is 11.3. The molecule has 7 nitrogen and oxygen atoms in total. The molecule has 2 atom stereocenters. The Morgan fingerprint density at radius 1 is 1.10 bits per heavy atom. The number of aliphatic hydroxyl groups excluding tert-OH is 1. The third kappa shape index (κ3) is 4.23. The van der Waals surface area contributed by atoms with Crippen molar-refractivity contribution in [1.29, 1.82) is 0 Å². The normalized spacial score (nSPS) is 22.4. The van der Waals surface area contributed by atoms with Crippen molar-refractivity contribution in [3.05, 3.63) is 59.9 Å². The number of aliphatic hydroxyl groups is 1. The van der Waals surface area contributed by atoms with E-state index in [2.05, 4.69) is 31.8 Å². The summed E-state index contributed by atoms with van der Waals surface area (Å²) in [6, 6.07) is 12.3. The van der Waals surface area contributed by atoms with Gasteiger partial charge in [0.15, 0.2) is 0 Å². The van der Waals surface area contributed by atoms with Gasteiger partial charge in [0, 0.05) is 62.1 Å². The molecule has 2 saturated heterocycles. The average molecular weight is 391 g/mol. The summed E-state index contributed by atoms with van der Waals surface area (Å²) >= 11 is 0. The number of pyridine rings is 2. The largest absolute Gasteiger partial charge is 0.439 e. The minimum atomic E-state index is -0.197. The number of likely N-dealkylation sites (tertiary alicyclic amines) is 1. The van der Waals surface area contributed by atoms with Crippen molar-refractivity contribution in [2.24, 2.45) is 0 Å². The van der Waals surface area contributed by atoms with Crippen molar-refractivity contribution in [1.82, 2.24) is 25.7 Å². The number of nitrogens with one attached hydrogen (secondary N) is 2. The summed E-state index contributed by atoms with van der Waals surface area (Å²) in [6.45, 7) is 3.46. The monoisotopic (exact) mass is 391 g/mol. The molecule has 4 heterocycles. The molecule has 1 unspecified atom stereocenters. The lowest BCUT2D eigenvalue weighted by Gasteiger charge is -2.15. The Kier molecular flexibility index (Phi) is 5.12. The van der Waals surface area contributed by atoms with E-state index >= 15 is 0 Å². The van der Waals surface area contributed by atoms with Gasteiger partial charge in [-0.2, -0.15) is 0 Å². The second-order valence-corrected chi connectivity index (χ2v) is 7.82. The molecule has 0 aliphatic carbocycles. The molecule has 5 rings (SSSR count). The Morgan fingerprint density at radius 2 is 2.07 bits per heavy atom. The Morgan fingerprint density at radius 3 is 2.83 bits per heavy atom. The zero-order chi connectivity index (χ0) is 19.6. The molecule has 2 fully saturated rings. The highest BCUT2D eigenvalue weighted by Gasteiger charge is 2.20. The van der Waals surface area contributed by atoms with E-state index in [1.807, 2.05) is 42.7 Å². The molecule has 150 valence electrons. The Bertz CT molecular complexity index is 988. The SMILES string of the molecule is O[C@H]1CCN(Cc2cnc3cc(Oc4ccc(C5CCNN5)cn4)ccc3c2)C1. The minimum Gasteiger partial charge on any atom is -0.439 e. The maximum absolute atomic E-state index is 9.69. The Hall–Kier alpha value is -2.58. The van der Waals surface area contributed by atoms with Crippen molar-refractivity contribution in [2.45, 2.75) is 31.5 Å². The highest BCUT2D eigenvalue weighted by molar-refractivity contribution is 5.80. The van der Waals surface area contributed by atoms with E-state index in [1.165, 1.54) is 0 Å². The quantitative estimate of drug-likeness (QED) is 0.616. The van der Waals surface area contributed by atoms with Gasteiger partial charge in [-0.1, -0.05) is 6.07 Å². The molecule has 29 heavy (non-hydrogen) atoms. The number of rotatable bonds is 5. The summed E-state index contributed by atoms with van der Waals surface area (Å²) < 4.78 is 5.93. The first kappa shape index (κ1) is 18.4. The third-order valence-corrected chi connectivity index (χ3v) is 5.58. The molecular weight excluding hydrogens is 366 g/mol. The van der Waals surface area contributed by atoms with Gasteiger partial charge in [0.1, 0.15) is 5.75 Å². The number of aromatic nitrogens is 2. The molecule has 2 aromatic heterocycles. The van der Waals surface area contributed by atoms with Crippen LogP contribution in [0.2, 0.25) is 0 Å². The Labute approximate surface area is 169 Å². The molecule has 0 saturated carbocycles. The van der Waals surface area contributed by atoms with Gasteiger partial charge >= 0.3 is 0 Å². The van der Waals surface area contributed by atoms with E-state index in [9.17, 15) is 5.11 Å². The number of hydrogen-bond acceptors (Lipinski definition) is 7. The van der Waals surface area contributed by atoms with Gasteiger partial charge < -0.3 is 9.84 Å². The zero-order valence-electron chi connectivity index (χ0n) is 16.2. The van der Waals surface area contributed by atoms with E-state index in [0.29, 0.717) is 11.9 Å². The summed E-state index contributed by atoms with van der Waals surface area (Å²) in [5, 5.41) is 10.8. The Balaban J connectivity index is 1.27. The second kappa shape index (κ2) is 8.04. The lowest BCUT2D eigenvalue weighted by atomic mass is 10.1. The first-order valence-electron chi connectivity index (χ1n) is 10.1. The van der Waals surface area contributed by atoms with Crippen LogP contribution in [0, 0.1) is 0 Å². The molecule has 0 spiro atoms. The molecule has 7 heteroatoms. The van der Waals surface area contributed by atoms with Crippen LogP contribution >= 0.6 is 0 Å². The number of β-amino-alcohol motifs (C(OH)–C–C–N with tert-alkyl or cyclic N) is 1. The zero-order valence-corrected chi connectivity index (χ0v) is 16.2. The van der Waals surface area contributed by atoms with Gasteiger partial charge in [-0.05, 0) is 42.2 Å². The van der Waals surface area contributed by atoms with Crippen molar-refractivity contribution in [2.75, 3.05) is 19.6 Å². The maximum Gasteiger partial charge on any atom is 0.219 e. The van der Waals surface area contributed by atoms with Crippen molar-refractivity contribution < 1.29 is 9.84 Å². The van der Waals surface area contributed by atoms with Crippen LogP contribution in [0.5, 0.6) is 11.6 Å². The minimum absolute atomic E-state index is 0.197. The molecule has 1 aromatic carbocycles. The molecular formula is C22H25N5O2. The van der Waals surface area contributed by atoms with Gasteiger partial charge in [0.25, 0.3) is 0 Å². The molecule has 3 aromatic rings. The molecule has 2 aliphatic rings. The number of benzene rings is 1. The molecule has 3 N–H and O–H groups in total. The highest BCUT2D eigenvalue weighted by Crippen LogP contribution is 2.26. The number of hydrazine groups is 1. The third-order valence-electron chi connectivity index (χ3n) is 5.58. The smallest absolute Gasteiger partial charge is 0.219 e. The van der Waals surface area contributed by atoms with Crippen LogP contribution in [0.4, 0.5) is 0 Å². The van der Waals surface area contributed by atoms with Crippen LogP contribution in [0.25, 0.3) is 10.9 Å². The maximum atomic E-state index is 9.69. The molecule has 0 radical (unpaired) electrons. The van der Waals surface area contributed by atoms with Gasteiger partial charge in [-0.3, -0.25) is 20.7 Å². The first-order chi connectivity index (χ1) is 14.2. The van der Waals surface area contributed by atoms with Crippen LogP contribution in [-0.4, -0.2) is 45.7 Å². The number of hydrogen-bond donors (Lipinski definition) is 3. The summed E-state index contributed by atoms with van der Waals surface area (Å²) in [6.07, 6.45) is 5.48. The molecule has 2 aliphatic heterocycles. The second-order valence-electron chi connectivity index (χ2n) is 7.82. The number of ether oxygens (including phenoxy) is 1. The highest BCUT2D eigenvalue weighted by atomic mass is 16.5. The number of fused-ring (bicyclic) bond motifs is 1. The lowest BCUT2D eigenvalue weighted by molar-refractivity contribution is 0.175. The fourth-order valence-corrected chi connectivity index (χ4v) is 4.02. The van der Waals surface area contributed by atoms with Crippen LogP contribution in [0.1, 0.15) is 30.0 Å². The summed E-state index contributed by atoms with van der Waals surface area (Å²) in [7, 11) is 0. The van der Waals surface area contributed by atoms with E-state index < -0.39 is 0 Å². The predicted molar refractivity (Wildman–Crippen MR) is 110 cm³/mol. The van der Waals surface area contributed by atoms with E-state index in [4.69, 9.17) is 4.74 Å². The van der Waals surface area contributed by atoms with Crippen LogP contribution < -0.4 is 15.6 Å². The number of nitrogens with zero attached hydrogens (tertiary/aromatic N) is 3. The topological polar surface area (TPSA) is 82.5 Å². The van der Waals surface area contributed by atoms with Crippen molar-refractivity contribution in [3.63, 3.8) is 0 Å². The van der Waals surface area contributed by atoms with Gasteiger partial charge in [-0.25, -0.2) is 4.98 Å². The van der Waals surface area contributed by atoms with Crippen LogP contribution in [0.15, 0.2) is 48.8 Å². The van der Waals surface area contributed by atoms with Crippen molar-refractivity contribution in [3.8, 4) is 11.6 Å². The van der Waals surface area contributed by atoms with Crippen LogP contribution in [-0.2, 0) is 6.54 Å². The van der Waals surface area contributed by atoms with E-state index in [-0.39, 0.29) is 6.10 Å². The van der Waals surface area contributed by atoms with E-state index in [1.54, 1.807) is 0 Å². The first-order valence-corrected chi connectivity index (χ1v) is 10.1. The van der Waals surface area contributed by atoms with Gasteiger partial charge in [0.2, 0.25) is 5.88 Å². The van der Waals surface area contributed by atoms with E-state index in [0.717, 1.165) is 66.8 Å².